The number of nitrogens with zero attached hydrogens (tertiary/aromatic N) is 5. The van der Waals surface area contributed by atoms with Gasteiger partial charge >= 0.3 is 0 Å². The van der Waals surface area contributed by atoms with Gasteiger partial charge in [-0.1, -0.05) is 13.0 Å². The van der Waals surface area contributed by atoms with Crippen molar-refractivity contribution in [3.05, 3.63) is 52.9 Å². The maximum Gasteiger partial charge on any atom is 0.223 e. The van der Waals surface area contributed by atoms with Crippen LogP contribution < -0.4 is 5.32 Å². The van der Waals surface area contributed by atoms with E-state index in [1.165, 1.54) is 6.07 Å². The van der Waals surface area contributed by atoms with Crippen LogP contribution in [0.1, 0.15) is 32.0 Å². The smallest absolute Gasteiger partial charge is 0.223 e. The van der Waals surface area contributed by atoms with Crippen LogP contribution in [-0.2, 0) is 16.0 Å². The number of carbonyl (C=O) groups is 1. The van der Waals surface area contributed by atoms with E-state index < -0.39 is 5.82 Å². The lowest BCUT2D eigenvalue weighted by atomic mass is 9.88. The highest BCUT2D eigenvalue weighted by atomic mass is 79.9. The Bertz CT molecular complexity index is 1470. The lowest BCUT2D eigenvalue weighted by Crippen LogP contribution is -2.49. The molecule has 186 valence electrons. The summed E-state index contributed by atoms with van der Waals surface area (Å²) in [5.41, 5.74) is 1.56. The first-order chi connectivity index (χ1) is 17.4. The van der Waals surface area contributed by atoms with Crippen molar-refractivity contribution in [2.75, 3.05) is 19.8 Å². The van der Waals surface area contributed by atoms with E-state index in [0.717, 1.165) is 24.6 Å². The molecular formula is C26H26BrFN6O2. The van der Waals surface area contributed by atoms with Crippen LogP contribution in [0, 0.1) is 23.1 Å². The molecule has 2 fully saturated rings. The van der Waals surface area contributed by atoms with Crippen molar-refractivity contribution < 1.29 is 13.9 Å². The van der Waals surface area contributed by atoms with Crippen molar-refractivity contribution in [2.24, 2.45) is 17.3 Å². The first-order valence-corrected chi connectivity index (χ1v) is 13.0. The zero-order chi connectivity index (χ0) is 24.9. The van der Waals surface area contributed by atoms with Crippen LogP contribution in [0.15, 0.2) is 41.3 Å². The molecule has 1 aliphatic heterocycles. The van der Waals surface area contributed by atoms with Crippen molar-refractivity contribution in [1.29, 1.82) is 0 Å². The number of hydrogen-bond acceptors (Lipinski definition) is 6. The average molecular weight is 553 g/mol. The maximum atomic E-state index is 14.7. The van der Waals surface area contributed by atoms with E-state index in [1.807, 2.05) is 12.1 Å². The van der Waals surface area contributed by atoms with Crippen LogP contribution in [-0.4, -0.2) is 50.4 Å². The van der Waals surface area contributed by atoms with Crippen molar-refractivity contribution in [3.63, 3.8) is 0 Å². The molecule has 1 saturated carbocycles. The van der Waals surface area contributed by atoms with Crippen LogP contribution in [0.25, 0.3) is 27.6 Å². The number of benzene rings is 1. The van der Waals surface area contributed by atoms with Crippen molar-refractivity contribution in [1.82, 2.24) is 30.0 Å². The Labute approximate surface area is 215 Å². The lowest BCUT2D eigenvalue weighted by Gasteiger charge is -2.38. The summed E-state index contributed by atoms with van der Waals surface area (Å²) in [6.07, 6.45) is 6.68. The number of fused-ring (bicyclic) bond motifs is 2. The molecule has 1 saturated heterocycles. The van der Waals surface area contributed by atoms with E-state index in [-0.39, 0.29) is 17.2 Å². The monoisotopic (exact) mass is 552 g/mol. The van der Waals surface area contributed by atoms with E-state index in [2.05, 4.69) is 43.2 Å². The number of carbonyl (C=O) groups excluding carboxylic acids is 1. The zero-order valence-electron chi connectivity index (χ0n) is 19.9. The maximum absolute atomic E-state index is 14.7. The van der Waals surface area contributed by atoms with Gasteiger partial charge in [-0.05, 0) is 53.2 Å². The molecule has 36 heavy (non-hydrogen) atoms. The first-order valence-electron chi connectivity index (χ1n) is 12.2. The van der Waals surface area contributed by atoms with Crippen LogP contribution in [0.5, 0.6) is 0 Å². The van der Waals surface area contributed by atoms with Gasteiger partial charge in [0.15, 0.2) is 11.5 Å². The predicted molar refractivity (Wildman–Crippen MR) is 136 cm³/mol. The SMILES string of the molecule is CC1(CNC(=O)[C@@H]2CC[C@@H](Cc3ncc4c(Br)nn(-c5cc(F)c6ncccc6c5)c4n3)C2)COC1. The van der Waals surface area contributed by atoms with Gasteiger partial charge in [-0.25, -0.2) is 19.0 Å². The molecule has 0 bridgehead atoms. The highest BCUT2D eigenvalue weighted by molar-refractivity contribution is 9.10. The standard InChI is InChI=1S/C26H26BrFN6O2/c1-26(13-36-14-26)12-31-25(35)17-5-4-15(7-17)8-21-30-11-19-23(27)33-34(24(19)32-21)18-9-16-3-2-6-29-22(16)20(28)10-18/h2-3,6,9-11,15,17H,4-5,7-8,12-14H2,1H3,(H,31,35)/t15-,17-/m1/s1. The summed E-state index contributed by atoms with van der Waals surface area (Å²) in [5, 5.41) is 9.11. The largest absolute Gasteiger partial charge is 0.380 e. The van der Waals surface area contributed by atoms with Gasteiger partial charge < -0.3 is 10.1 Å². The normalized spacial score (nSPS) is 21.1. The molecule has 4 aromatic rings. The summed E-state index contributed by atoms with van der Waals surface area (Å²) >= 11 is 3.49. The molecule has 4 heterocycles. The Kier molecular flexibility index (Phi) is 5.95. The van der Waals surface area contributed by atoms with Gasteiger partial charge in [-0.2, -0.15) is 5.10 Å². The topological polar surface area (TPSA) is 94.8 Å². The highest BCUT2D eigenvalue weighted by Gasteiger charge is 2.36. The molecule has 1 aromatic carbocycles. The van der Waals surface area contributed by atoms with Gasteiger partial charge in [0, 0.05) is 48.1 Å². The number of rotatable bonds is 6. The molecule has 1 amide bonds. The van der Waals surface area contributed by atoms with Crippen LogP contribution in [0.4, 0.5) is 4.39 Å². The summed E-state index contributed by atoms with van der Waals surface area (Å²) < 4.78 is 22.3. The molecule has 2 aliphatic rings. The van der Waals surface area contributed by atoms with Crippen LogP contribution >= 0.6 is 15.9 Å². The molecule has 0 radical (unpaired) electrons. The minimum absolute atomic E-state index is 0.0252. The molecule has 8 nitrogen and oxygen atoms in total. The fraction of sp³-hybridized carbons (Fsp3) is 0.423. The van der Waals surface area contributed by atoms with Crippen molar-refractivity contribution >= 4 is 43.8 Å². The number of nitrogens with one attached hydrogen (secondary N) is 1. The van der Waals surface area contributed by atoms with E-state index >= 15 is 0 Å². The molecule has 2 atom stereocenters. The first kappa shape index (κ1) is 23.4. The Balaban J connectivity index is 1.20. The van der Waals surface area contributed by atoms with Gasteiger partial charge in [0.25, 0.3) is 0 Å². The molecule has 1 aliphatic carbocycles. The average Bonchev–Trinajstić information content (AvgIpc) is 3.46. The minimum atomic E-state index is -0.411. The van der Waals surface area contributed by atoms with Gasteiger partial charge in [-0.15, -0.1) is 0 Å². The second kappa shape index (κ2) is 9.15. The molecular weight excluding hydrogens is 527 g/mol. The Morgan fingerprint density at radius 3 is 2.97 bits per heavy atom. The van der Waals surface area contributed by atoms with Gasteiger partial charge in [0.05, 0.1) is 24.3 Å². The lowest BCUT2D eigenvalue weighted by molar-refractivity contribution is -0.130. The van der Waals surface area contributed by atoms with Crippen molar-refractivity contribution in [3.8, 4) is 5.69 Å². The van der Waals surface area contributed by atoms with E-state index in [0.29, 0.717) is 64.8 Å². The number of amides is 1. The molecule has 6 rings (SSSR count). The molecule has 1 N–H and O–H groups in total. The third-order valence-electron chi connectivity index (χ3n) is 7.29. The van der Waals surface area contributed by atoms with Crippen LogP contribution in [0.3, 0.4) is 0 Å². The van der Waals surface area contributed by atoms with Gasteiger partial charge in [0.1, 0.15) is 15.9 Å². The third-order valence-corrected chi connectivity index (χ3v) is 7.88. The predicted octanol–water partition coefficient (Wildman–Crippen LogP) is 4.38. The van der Waals surface area contributed by atoms with Crippen LogP contribution in [0.2, 0.25) is 0 Å². The number of pyridine rings is 1. The van der Waals surface area contributed by atoms with Gasteiger partial charge in [0.2, 0.25) is 5.91 Å². The zero-order valence-corrected chi connectivity index (χ0v) is 21.5. The van der Waals surface area contributed by atoms with E-state index in [1.54, 1.807) is 23.1 Å². The number of halogens is 2. The summed E-state index contributed by atoms with van der Waals surface area (Å²) in [6, 6.07) is 6.87. The number of aromatic nitrogens is 5. The Morgan fingerprint density at radius 2 is 2.17 bits per heavy atom. The summed E-state index contributed by atoms with van der Waals surface area (Å²) in [4.78, 5) is 26.2. The minimum Gasteiger partial charge on any atom is -0.380 e. The fourth-order valence-corrected chi connectivity index (χ4v) is 5.63. The second-order valence-corrected chi connectivity index (χ2v) is 11.1. The molecule has 3 aromatic heterocycles. The molecule has 0 spiro atoms. The summed E-state index contributed by atoms with van der Waals surface area (Å²) in [7, 11) is 0. The van der Waals surface area contributed by atoms with E-state index in [9.17, 15) is 9.18 Å². The fourth-order valence-electron chi connectivity index (χ4n) is 5.19. The van der Waals surface area contributed by atoms with Gasteiger partial charge in [-0.3, -0.25) is 9.78 Å². The third kappa shape index (κ3) is 4.37. The van der Waals surface area contributed by atoms with Crippen molar-refractivity contribution in [2.45, 2.75) is 32.6 Å². The number of hydrogen-bond donors (Lipinski definition) is 1. The quantitative estimate of drug-likeness (QED) is 0.381. The summed E-state index contributed by atoms with van der Waals surface area (Å²) in [5.74, 6) is 0.786. The second-order valence-electron chi connectivity index (χ2n) is 10.3. The molecule has 0 unspecified atom stereocenters. The highest BCUT2D eigenvalue weighted by Crippen LogP contribution is 2.34. The van der Waals surface area contributed by atoms with E-state index in [4.69, 9.17) is 9.72 Å². The molecule has 10 heteroatoms. The number of ether oxygens (including phenoxy) is 1. The Hall–Kier alpha value is -2.98. The summed E-state index contributed by atoms with van der Waals surface area (Å²) in [6.45, 7) is 4.21. The Morgan fingerprint density at radius 1 is 1.31 bits per heavy atom.